The van der Waals surface area contributed by atoms with E-state index in [0.717, 1.165) is 47.5 Å². The minimum atomic E-state index is -1.29. The molecule has 33 heavy (non-hydrogen) atoms. The van der Waals surface area contributed by atoms with Crippen molar-refractivity contribution in [2.24, 2.45) is 5.92 Å². The number of carbonyl (C=O) groups excluding carboxylic acids is 2. The summed E-state index contributed by atoms with van der Waals surface area (Å²) in [7, 11) is 0. The van der Waals surface area contributed by atoms with Crippen LogP contribution in [0.3, 0.4) is 0 Å². The van der Waals surface area contributed by atoms with Crippen molar-refractivity contribution < 1.29 is 9.59 Å². The van der Waals surface area contributed by atoms with Crippen LogP contribution in [0.25, 0.3) is 21.5 Å². The van der Waals surface area contributed by atoms with Crippen molar-refractivity contribution in [2.75, 3.05) is 13.1 Å². The van der Waals surface area contributed by atoms with Crippen LogP contribution in [0.1, 0.15) is 40.0 Å². The topological polar surface area (TPSA) is 46.2 Å². The maximum atomic E-state index is 14.0. The molecule has 0 aromatic heterocycles. The van der Waals surface area contributed by atoms with E-state index in [1.807, 2.05) is 84.9 Å². The molecule has 4 heteroatoms. The second-order valence-corrected chi connectivity index (χ2v) is 10.3. The minimum absolute atomic E-state index is 0.162. The quantitative estimate of drug-likeness (QED) is 0.185. The lowest BCUT2D eigenvalue weighted by atomic mass is 9.79. The first-order chi connectivity index (χ1) is 16.0. The van der Waals surface area contributed by atoms with Crippen molar-refractivity contribution in [2.45, 2.75) is 23.6 Å². The first-order valence-corrected chi connectivity index (χ1v) is 12.3. The van der Waals surface area contributed by atoms with Crippen LogP contribution in [-0.4, -0.2) is 29.0 Å². The molecule has 0 unspecified atom stereocenters. The number of piperidine rings is 1. The Bertz CT molecular complexity index is 1250. The summed E-state index contributed by atoms with van der Waals surface area (Å²) in [4.78, 5) is 28.0. The summed E-state index contributed by atoms with van der Waals surface area (Å²) in [5.41, 5.74) is 1.13. The molecule has 0 amide bonds. The normalized spacial score (nSPS) is 15.1. The van der Waals surface area contributed by atoms with Gasteiger partial charge in [0.05, 0.1) is 0 Å². The molecule has 0 spiro atoms. The summed E-state index contributed by atoms with van der Waals surface area (Å²) < 4.78 is -1.29. The Morgan fingerprint density at radius 3 is 1.67 bits per heavy atom. The number of Topliss-reactive ketones (excluding diaryl/α,β-unsaturated/α-hetero) is 2. The van der Waals surface area contributed by atoms with Gasteiger partial charge in [-0.3, -0.25) is 9.59 Å². The fourth-order valence-electron chi connectivity index (χ4n) is 4.89. The van der Waals surface area contributed by atoms with Crippen LogP contribution in [0.5, 0.6) is 0 Å². The molecule has 0 bridgehead atoms. The lowest BCUT2D eigenvalue weighted by Gasteiger charge is -2.32. The number of hydrogen-bond donors (Lipinski definition) is 1. The predicted octanol–water partition coefficient (Wildman–Crippen LogP) is 6.58. The van der Waals surface area contributed by atoms with Crippen LogP contribution < -0.4 is 5.32 Å². The van der Waals surface area contributed by atoms with Gasteiger partial charge in [0.1, 0.15) is 0 Å². The van der Waals surface area contributed by atoms with Gasteiger partial charge in [0.15, 0.2) is 15.9 Å². The maximum Gasteiger partial charge on any atom is 0.187 e. The molecule has 1 aliphatic heterocycles. The Morgan fingerprint density at radius 1 is 0.727 bits per heavy atom. The van der Waals surface area contributed by atoms with Gasteiger partial charge < -0.3 is 5.32 Å². The Morgan fingerprint density at radius 2 is 1.18 bits per heavy atom. The first-order valence-electron chi connectivity index (χ1n) is 11.5. The van der Waals surface area contributed by atoms with E-state index in [2.05, 4.69) is 21.2 Å². The van der Waals surface area contributed by atoms with Crippen molar-refractivity contribution in [3.63, 3.8) is 0 Å². The number of alkyl halides is 1. The standard InChI is InChI=1S/C29H26BrNO2/c30-29(19-20-13-15-31-16-14-20,27(32)25-11-9-21-5-1-3-7-23(21)17-25)28(33)26-12-10-22-6-2-4-8-24(22)18-26/h1-12,17-18,20,31H,13-16,19H2. The van der Waals surface area contributed by atoms with Gasteiger partial charge in [-0.2, -0.15) is 0 Å². The van der Waals surface area contributed by atoms with E-state index >= 15 is 0 Å². The average Bonchev–Trinajstić information content (AvgIpc) is 2.87. The molecule has 1 fully saturated rings. The third kappa shape index (κ3) is 4.38. The van der Waals surface area contributed by atoms with Crippen molar-refractivity contribution >= 4 is 49.0 Å². The second-order valence-electron chi connectivity index (χ2n) is 8.98. The van der Waals surface area contributed by atoms with Crippen molar-refractivity contribution in [1.82, 2.24) is 5.32 Å². The average molecular weight is 500 g/mol. The highest BCUT2D eigenvalue weighted by Gasteiger charge is 2.45. The van der Waals surface area contributed by atoms with Crippen LogP contribution in [0.15, 0.2) is 84.9 Å². The van der Waals surface area contributed by atoms with E-state index in [9.17, 15) is 9.59 Å². The summed E-state index contributed by atoms with van der Waals surface area (Å²) in [6.07, 6.45) is 2.42. The number of rotatable bonds is 6. The zero-order valence-electron chi connectivity index (χ0n) is 18.4. The molecule has 1 heterocycles. The number of ketones is 2. The fraction of sp³-hybridized carbons (Fsp3) is 0.241. The van der Waals surface area contributed by atoms with Gasteiger partial charge in [-0.15, -0.1) is 0 Å². The molecule has 0 radical (unpaired) electrons. The number of hydrogen-bond acceptors (Lipinski definition) is 3. The molecule has 3 nitrogen and oxygen atoms in total. The highest BCUT2D eigenvalue weighted by atomic mass is 79.9. The van der Waals surface area contributed by atoms with Crippen molar-refractivity contribution in [3.8, 4) is 0 Å². The zero-order valence-corrected chi connectivity index (χ0v) is 20.0. The molecular formula is C29H26BrNO2. The van der Waals surface area contributed by atoms with E-state index in [1.54, 1.807) is 0 Å². The van der Waals surface area contributed by atoms with E-state index < -0.39 is 4.32 Å². The fourth-order valence-corrected chi connectivity index (χ4v) is 5.81. The smallest absolute Gasteiger partial charge is 0.187 e. The SMILES string of the molecule is O=C(c1ccc2ccccc2c1)C(Br)(CC1CCNCC1)C(=O)c1ccc2ccccc2c1. The van der Waals surface area contributed by atoms with Crippen molar-refractivity contribution in [1.29, 1.82) is 0 Å². The molecule has 0 saturated carbocycles. The Hall–Kier alpha value is -2.82. The zero-order chi connectivity index (χ0) is 22.8. The highest BCUT2D eigenvalue weighted by Crippen LogP contribution is 2.38. The van der Waals surface area contributed by atoms with Crippen molar-refractivity contribution in [3.05, 3.63) is 96.1 Å². The molecule has 4 aromatic carbocycles. The van der Waals surface area contributed by atoms with E-state index in [-0.39, 0.29) is 11.6 Å². The van der Waals surface area contributed by atoms with Crippen LogP contribution in [0, 0.1) is 5.92 Å². The Labute approximate surface area is 202 Å². The van der Waals surface area contributed by atoms with Gasteiger partial charge in [0.25, 0.3) is 0 Å². The number of fused-ring (bicyclic) bond motifs is 2. The molecular weight excluding hydrogens is 474 g/mol. The third-order valence-corrected chi connectivity index (χ3v) is 7.82. The predicted molar refractivity (Wildman–Crippen MR) is 138 cm³/mol. The molecule has 1 N–H and O–H groups in total. The summed E-state index contributed by atoms with van der Waals surface area (Å²) in [6, 6.07) is 27.4. The Balaban J connectivity index is 1.56. The van der Waals surface area contributed by atoms with Gasteiger partial charge >= 0.3 is 0 Å². The van der Waals surface area contributed by atoms with Crippen LogP contribution in [-0.2, 0) is 0 Å². The van der Waals surface area contributed by atoms with Crippen LogP contribution in [0.2, 0.25) is 0 Å². The highest BCUT2D eigenvalue weighted by molar-refractivity contribution is 9.10. The van der Waals surface area contributed by atoms with Gasteiger partial charge in [-0.25, -0.2) is 0 Å². The summed E-state index contributed by atoms with van der Waals surface area (Å²) >= 11 is 3.73. The molecule has 1 saturated heterocycles. The lowest BCUT2D eigenvalue weighted by molar-refractivity contribution is 0.0817. The van der Waals surface area contributed by atoms with Gasteiger partial charge in [-0.05, 0) is 71.9 Å². The third-order valence-electron chi connectivity index (χ3n) is 6.77. The molecule has 0 aliphatic carbocycles. The van der Waals surface area contributed by atoms with E-state index in [4.69, 9.17) is 0 Å². The maximum absolute atomic E-state index is 14.0. The van der Waals surface area contributed by atoms with Gasteiger partial charge in [-0.1, -0.05) is 88.7 Å². The molecule has 4 aromatic rings. The number of benzene rings is 4. The largest absolute Gasteiger partial charge is 0.317 e. The van der Waals surface area contributed by atoms with E-state index in [1.165, 1.54) is 0 Å². The summed E-state index contributed by atoms with van der Waals surface area (Å²) in [5.74, 6) is -0.0191. The lowest BCUT2D eigenvalue weighted by Crippen LogP contribution is -2.44. The summed E-state index contributed by atoms with van der Waals surface area (Å²) in [6.45, 7) is 1.84. The molecule has 166 valence electrons. The minimum Gasteiger partial charge on any atom is -0.317 e. The van der Waals surface area contributed by atoms with Gasteiger partial charge in [0.2, 0.25) is 0 Å². The number of nitrogens with one attached hydrogen (secondary N) is 1. The Kier molecular flexibility index (Phi) is 6.13. The monoisotopic (exact) mass is 499 g/mol. The van der Waals surface area contributed by atoms with E-state index in [0.29, 0.717) is 23.5 Å². The molecule has 1 aliphatic rings. The van der Waals surface area contributed by atoms with Crippen LogP contribution >= 0.6 is 15.9 Å². The van der Waals surface area contributed by atoms with Gasteiger partial charge in [0, 0.05) is 11.1 Å². The number of carbonyl (C=O) groups is 2. The molecule has 5 rings (SSSR count). The second kappa shape index (κ2) is 9.20. The van der Waals surface area contributed by atoms with Crippen LogP contribution in [0.4, 0.5) is 0 Å². The summed E-state index contributed by atoms with van der Waals surface area (Å²) in [5, 5.41) is 7.53. The molecule has 0 atom stereocenters. The number of halogens is 1. The first kappa shape index (κ1) is 22.0.